The van der Waals surface area contributed by atoms with E-state index in [9.17, 15) is 4.79 Å². The highest BCUT2D eigenvalue weighted by molar-refractivity contribution is 8.00. The van der Waals surface area contributed by atoms with Gasteiger partial charge in [-0.05, 0) is 18.4 Å². The van der Waals surface area contributed by atoms with Crippen LogP contribution >= 0.6 is 11.8 Å². The first-order chi connectivity index (χ1) is 9.74. The second-order valence-electron chi connectivity index (χ2n) is 4.92. The van der Waals surface area contributed by atoms with E-state index in [-0.39, 0.29) is 11.2 Å². The van der Waals surface area contributed by atoms with Gasteiger partial charge in [-0.1, -0.05) is 42.1 Å². The van der Waals surface area contributed by atoms with Crippen LogP contribution in [0.5, 0.6) is 0 Å². The number of benzene rings is 1. The molecule has 1 heterocycles. The Labute approximate surface area is 121 Å². The SMILES string of the molecule is Cn1cnnc1S[C@H](C(=O)NC1CC1)c1ccccc1. The second kappa shape index (κ2) is 5.66. The fourth-order valence-corrected chi connectivity index (χ4v) is 2.88. The van der Waals surface area contributed by atoms with Gasteiger partial charge in [0, 0.05) is 13.1 Å². The molecule has 0 radical (unpaired) electrons. The number of thioether (sulfide) groups is 1. The van der Waals surface area contributed by atoms with Gasteiger partial charge in [0.15, 0.2) is 5.16 Å². The third kappa shape index (κ3) is 3.01. The van der Waals surface area contributed by atoms with Crippen LogP contribution in [-0.4, -0.2) is 26.7 Å². The first-order valence-electron chi connectivity index (χ1n) is 6.60. The van der Waals surface area contributed by atoms with E-state index in [1.807, 2.05) is 41.9 Å². The summed E-state index contributed by atoms with van der Waals surface area (Å²) in [7, 11) is 1.88. The number of aryl methyl sites for hydroxylation is 1. The lowest BCUT2D eigenvalue weighted by Crippen LogP contribution is -2.29. The molecule has 0 unspecified atom stereocenters. The van der Waals surface area contributed by atoms with E-state index < -0.39 is 0 Å². The maximum atomic E-state index is 12.4. The molecule has 1 aliphatic rings. The van der Waals surface area contributed by atoms with E-state index in [0.29, 0.717) is 6.04 Å². The van der Waals surface area contributed by atoms with Crippen LogP contribution in [0, 0.1) is 0 Å². The summed E-state index contributed by atoms with van der Waals surface area (Å²) in [6.45, 7) is 0. The molecule has 2 aromatic rings. The van der Waals surface area contributed by atoms with Crippen molar-refractivity contribution in [2.45, 2.75) is 29.3 Å². The van der Waals surface area contributed by atoms with Gasteiger partial charge in [-0.15, -0.1) is 10.2 Å². The van der Waals surface area contributed by atoms with Gasteiger partial charge in [0.2, 0.25) is 5.91 Å². The summed E-state index contributed by atoms with van der Waals surface area (Å²) in [6, 6.07) is 10.1. The zero-order chi connectivity index (χ0) is 13.9. The lowest BCUT2D eigenvalue weighted by Gasteiger charge is -2.16. The van der Waals surface area contributed by atoms with Crippen molar-refractivity contribution in [3.05, 3.63) is 42.2 Å². The van der Waals surface area contributed by atoms with Crippen molar-refractivity contribution in [3.63, 3.8) is 0 Å². The molecule has 20 heavy (non-hydrogen) atoms. The molecule has 5 nitrogen and oxygen atoms in total. The Kier molecular flexibility index (Phi) is 3.73. The molecule has 1 N–H and O–H groups in total. The van der Waals surface area contributed by atoms with Crippen molar-refractivity contribution in [2.75, 3.05) is 0 Å². The van der Waals surface area contributed by atoms with Gasteiger partial charge in [0.25, 0.3) is 0 Å². The normalized spacial score (nSPS) is 15.8. The molecule has 104 valence electrons. The molecule has 0 saturated heterocycles. The van der Waals surface area contributed by atoms with E-state index in [4.69, 9.17) is 0 Å². The van der Waals surface area contributed by atoms with Crippen LogP contribution in [0.25, 0.3) is 0 Å². The van der Waals surface area contributed by atoms with Crippen molar-refractivity contribution < 1.29 is 4.79 Å². The fraction of sp³-hybridized carbons (Fsp3) is 0.357. The standard InChI is InChI=1S/C14H16N4OS/c1-18-9-15-17-14(18)20-12(10-5-3-2-4-6-10)13(19)16-11-7-8-11/h2-6,9,11-12H,7-8H2,1H3,(H,16,19)/t12-/m0/s1. The van der Waals surface area contributed by atoms with Gasteiger partial charge in [-0.2, -0.15) is 0 Å². The summed E-state index contributed by atoms with van der Waals surface area (Å²) >= 11 is 1.43. The number of nitrogens with one attached hydrogen (secondary N) is 1. The van der Waals surface area contributed by atoms with Crippen LogP contribution in [0.2, 0.25) is 0 Å². The van der Waals surface area contributed by atoms with E-state index in [1.54, 1.807) is 6.33 Å². The molecule has 1 amide bonds. The largest absolute Gasteiger partial charge is 0.352 e. The van der Waals surface area contributed by atoms with Crippen LogP contribution in [0.15, 0.2) is 41.8 Å². The minimum absolute atomic E-state index is 0.0479. The average molecular weight is 288 g/mol. The van der Waals surface area contributed by atoms with Gasteiger partial charge >= 0.3 is 0 Å². The molecule has 1 aliphatic carbocycles. The van der Waals surface area contributed by atoms with E-state index >= 15 is 0 Å². The second-order valence-corrected chi connectivity index (χ2v) is 5.99. The molecule has 1 atom stereocenters. The summed E-state index contributed by atoms with van der Waals surface area (Å²) in [5.74, 6) is 0.0479. The van der Waals surface area contributed by atoms with Crippen molar-refractivity contribution in [3.8, 4) is 0 Å². The molecular weight excluding hydrogens is 272 g/mol. The number of nitrogens with zero attached hydrogens (tertiary/aromatic N) is 3. The van der Waals surface area contributed by atoms with Gasteiger partial charge < -0.3 is 9.88 Å². The summed E-state index contributed by atoms with van der Waals surface area (Å²) in [6.07, 6.45) is 3.81. The Morgan fingerprint density at radius 2 is 2.15 bits per heavy atom. The van der Waals surface area contributed by atoms with Gasteiger partial charge in [0.05, 0.1) is 0 Å². The van der Waals surface area contributed by atoms with Crippen molar-refractivity contribution in [1.82, 2.24) is 20.1 Å². The predicted octanol–water partition coefficient (Wildman–Crippen LogP) is 1.93. The Morgan fingerprint density at radius 1 is 1.40 bits per heavy atom. The lowest BCUT2D eigenvalue weighted by molar-refractivity contribution is -0.120. The number of rotatable bonds is 5. The smallest absolute Gasteiger partial charge is 0.238 e. The van der Waals surface area contributed by atoms with Crippen molar-refractivity contribution >= 4 is 17.7 Å². The van der Waals surface area contributed by atoms with Crippen molar-refractivity contribution in [1.29, 1.82) is 0 Å². The zero-order valence-electron chi connectivity index (χ0n) is 11.2. The van der Waals surface area contributed by atoms with Gasteiger partial charge in [-0.3, -0.25) is 4.79 Å². The van der Waals surface area contributed by atoms with Crippen molar-refractivity contribution in [2.24, 2.45) is 7.05 Å². The summed E-state index contributed by atoms with van der Waals surface area (Å²) < 4.78 is 1.82. The highest BCUT2D eigenvalue weighted by Gasteiger charge is 2.29. The number of carbonyl (C=O) groups excluding carboxylic acids is 1. The Bertz CT molecular complexity index is 594. The summed E-state index contributed by atoms with van der Waals surface area (Å²) in [5.41, 5.74) is 0.985. The maximum Gasteiger partial charge on any atom is 0.238 e. The van der Waals surface area contributed by atoms with Crippen LogP contribution in [0.3, 0.4) is 0 Å². The highest BCUT2D eigenvalue weighted by Crippen LogP contribution is 2.34. The Hall–Kier alpha value is -1.82. The van der Waals surface area contributed by atoms with E-state index in [2.05, 4.69) is 15.5 Å². The number of hydrogen-bond acceptors (Lipinski definition) is 4. The molecule has 6 heteroatoms. The third-order valence-corrected chi connectivity index (χ3v) is 4.46. The molecule has 1 aromatic heterocycles. The predicted molar refractivity (Wildman–Crippen MR) is 77.2 cm³/mol. The number of carbonyl (C=O) groups is 1. The molecule has 1 aromatic carbocycles. The van der Waals surface area contributed by atoms with E-state index in [1.165, 1.54) is 11.8 Å². The first-order valence-corrected chi connectivity index (χ1v) is 7.48. The highest BCUT2D eigenvalue weighted by atomic mass is 32.2. The monoisotopic (exact) mass is 288 g/mol. The molecule has 0 bridgehead atoms. The summed E-state index contributed by atoms with van der Waals surface area (Å²) in [5, 5.41) is 11.4. The molecule has 3 rings (SSSR count). The van der Waals surface area contributed by atoms with E-state index in [0.717, 1.165) is 23.6 Å². The molecular formula is C14H16N4OS. The Morgan fingerprint density at radius 3 is 2.75 bits per heavy atom. The van der Waals surface area contributed by atoms with Crippen LogP contribution in [0.4, 0.5) is 0 Å². The third-order valence-electron chi connectivity index (χ3n) is 3.16. The van der Waals surface area contributed by atoms with Gasteiger partial charge in [-0.25, -0.2) is 0 Å². The average Bonchev–Trinajstić information content (AvgIpc) is 3.18. The molecule has 0 spiro atoms. The minimum Gasteiger partial charge on any atom is -0.352 e. The molecule has 0 aliphatic heterocycles. The molecule has 1 fully saturated rings. The van der Waals surface area contributed by atoms with Gasteiger partial charge in [0.1, 0.15) is 11.6 Å². The first kappa shape index (κ1) is 13.2. The Balaban J connectivity index is 1.82. The fourth-order valence-electron chi connectivity index (χ4n) is 1.89. The zero-order valence-corrected chi connectivity index (χ0v) is 12.0. The van der Waals surface area contributed by atoms with Crippen LogP contribution in [0.1, 0.15) is 23.7 Å². The van der Waals surface area contributed by atoms with Crippen LogP contribution < -0.4 is 5.32 Å². The number of amides is 1. The quantitative estimate of drug-likeness (QED) is 0.854. The lowest BCUT2D eigenvalue weighted by atomic mass is 10.1. The molecule has 1 saturated carbocycles. The minimum atomic E-state index is -0.292. The van der Waals surface area contributed by atoms with Crippen LogP contribution in [-0.2, 0) is 11.8 Å². The number of hydrogen-bond donors (Lipinski definition) is 1. The topological polar surface area (TPSA) is 59.8 Å². The maximum absolute atomic E-state index is 12.4. The summed E-state index contributed by atoms with van der Waals surface area (Å²) in [4.78, 5) is 12.4. The number of aromatic nitrogens is 3.